The Bertz CT molecular complexity index is 720. The molecule has 0 aliphatic carbocycles. The first kappa shape index (κ1) is 17.4. The van der Waals surface area contributed by atoms with Gasteiger partial charge in [-0.1, -0.05) is 6.07 Å². The van der Waals surface area contributed by atoms with E-state index >= 15 is 0 Å². The van der Waals surface area contributed by atoms with Crippen LogP contribution >= 0.6 is 0 Å². The number of urea groups is 1. The minimum atomic E-state index is -0.255. The highest BCUT2D eigenvalue weighted by Crippen LogP contribution is 2.26. The molecule has 2 amide bonds. The zero-order chi connectivity index (χ0) is 17.6. The van der Waals surface area contributed by atoms with Crippen LogP contribution in [0, 0.1) is 6.92 Å². The van der Waals surface area contributed by atoms with Crippen molar-refractivity contribution in [3.63, 3.8) is 0 Å². The fraction of sp³-hybridized carbons (Fsp3) is 0.421. The second kappa shape index (κ2) is 8.07. The number of amides is 2. The Morgan fingerprint density at radius 1 is 1.40 bits per heavy atom. The molecule has 1 atom stereocenters. The lowest BCUT2D eigenvalue weighted by Gasteiger charge is -2.16. The van der Waals surface area contributed by atoms with Crippen molar-refractivity contribution in [2.24, 2.45) is 7.05 Å². The summed E-state index contributed by atoms with van der Waals surface area (Å²) < 4.78 is 13.4. The van der Waals surface area contributed by atoms with Crippen molar-refractivity contribution in [3.05, 3.63) is 47.8 Å². The van der Waals surface area contributed by atoms with Crippen molar-refractivity contribution in [1.29, 1.82) is 0 Å². The van der Waals surface area contributed by atoms with Gasteiger partial charge >= 0.3 is 6.03 Å². The predicted octanol–water partition coefficient (Wildman–Crippen LogP) is 3.21. The minimum absolute atomic E-state index is 0.139. The second-order valence-electron chi connectivity index (χ2n) is 6.44. The van der Waals surface area contributed by atoms with E-state index in [9.17, 15) is 4.79 Å². The molecule has 1 aliphatic heterocycles. The van der Waals surface area contributed by atoms with Gasteiger partial charge in [-0.3, -0.25) is 0 Å². The smallest absolute Gasteiger partial charge is 0.319 e. The third-order valence-corrected chi connectivity index (χ3v) is 4.18. The number of rotatable bonds is 6. The van der Waals surface area contributed by atoms with Crippen LogP contribution in [0.1, 0.15) is 24.0 Å². The van der Waals surface area contributed by atoms with Crippen LogP contribution in [0.5, 0.6) is 5.75 Å². The van der Waals surface area contributed by atoms with Crippen molar-refractivity contribution in [1.82, 2.24) is 9.88 Å². The highest BCUT2D eigenvalue weighted by Gasteiger charge is 2.17. The Morgan fingerprint density at radius 3 is 3.00 bits per heavy atom. The Kier molecular flexibility index (Phi) is 5.60. The van der Waals surface area contributed by atoms with Gasteiger partial charge < -0.3 is 24.7 Å². The van der Waals surface area contributed by atoms with Crippen molar-refractivity contribution in [2.45, 2.75) is 32.4 Å². The molecule has 1 aromatic heterocycles. The number of anilines is 1. The zero-order valence-corrected chi connectivity index (χ0v) is 14.7. The number of nitrogens with one attached hydrogen (secondary N) is 2. The van der Waals surface area contributed by atoms with Crippen LogP contribution in [0.2, 0.25) is 0 Å². The molecular formula is C19H25N3O3. The molecule has 1 aliphatic rings. The van der Waals surface area contributed by atoms with E-state index in [1.807, 2.05) is 55.2 Å². The summed E-state index contributed by atoms with van der Waals surface area (Å²) in [6.45, 7) is 3.78. The first-order chi connectivity index (χ1) is 12.1. The van der Waals surface area contributed by atoms with E-state index < -0.39 is 0 Å². The fourth-order valence-electron chi connectivity index (χ4n) is 2.83. The average Bonchev–Trinajstić information content (AvgIpc) is 3.24. The third-order valence-electron chi connectivity index (χ3n) is 4.18. The standard InChI is InChI=1S/C19H25N3O3/c1-14-5-6-17(18(10-14)25-13-16-4-3-9-24-16)21-19(23)20-11-15-7-8-22(2)12-15/h5-8,10,12,16H,3-4,9,11,13H2,1-2H3,(H2,20,21,23)/t16-/m1/s1. The molecule has 0 unspecified atom stereocenters. The summed E-state index contributed by atoms with van der Waals surface area (Å²) in [5, 5.41) is 5.72. The maximum absolute atomic E-state index is 12.2. The number of ether oxygens (including phenoxy) is 2. The van der Waals surface area contributed by atoms with Gasteiger partial charge in [-0.15, -0.1) is 0 Å². The molecule has 3 rings (SSSR count). The van der Waals surface area contributed by atoms with Gasteiger partial charge in [-0.25, -0.2) is 4.79 Å². The molecule has 134 valence electrons. The Labute approximate surface area is 148 Å². The molecule has 6 heteroatoms. The average molecular weight is 343 g/mol. The normalized spacial score (nSPS) is 16.6. The number of nitrogens with zero attached hydrogens (tertiary/aromatic N) is 1. The molecule has 0 saturated carbocycles. The number of benzene rings is 1. The minimum Gasteiger partial charge on any atom is -0.489 e. The van der Waals surface area contributed by atoms with E-state index in [1.54, 1.807) is 0 Å². The van der Waals surface area contributed by atoms with E-state index in [1.165, 1.54) is 0 Å². The number of aryl methyl sites for hydroxylation is 2. The zero-order valence-electron chi connectivity index (χ0n) is 14.7. The SMILES string of the molecule is Cc1ccc(NC(=O)NCc2ccn(C)c2)c(OC[C@H]2CCCO2)c1. The van der Waals surface area contributed by atoms with Crippen LogP contribution in [-0.4, -0.2) is 29.9 Å². The summed E-state index contributed by atoms with van der Waals surface area (Å²) in [5.74, 6) is 0.672. The molecule has 1 aromatic carbocycles. The number of hydrogen-bond acceptors (Lipinski definition) is 3. The van der Waals surface area contributed by atoms with Crippen molar-refractivity contribution >= 4 is 11.7 Å². The summed E-state index contributed by atoms with van der Waals surface area (Å²) in [4.78, 5) is 12.2. The van der Waals surface area contributed by atoms with E-state index in [0.717, 1.165) is 30.6 Å². The first-order valence-electron chi connectivity index (χ1n) is 8.61. The van der Waals surface area contributed by atoms with Crippen molar-refractivity contribution < 1.29 is 14.3 Å². The van der Waals surface area contributed by atoms with E-state index in [-0.39, 0.29) is 12.1 Å². The number of aromatic nitrogens is 1. The van der Waals surface area contributed by atoms with Gasteiger partial charge in [-0.05, 0) is 49.1 Å². The summed E-state index contributed by atoms with van der Waals surface area (Å²) in [5.41, 5.74) is 2.79. The lowest BCUT2D eigenvalue weighted by atomic mass is 10.2. The first-order valence-corrected chi connectivity index (χ1v) is 8.61. The molecular weight excluding hydrogens is 318 g/mol. The highest BCUT2D eigenvalue weighted by atomic mass is 16.5. The van der Waals surface area contributed by atoms with E-state index in [0.29, 0.717) is 24.6 Å². The molecule has 2 heterocycles. The van der Waals surface area contributed by atoms with Gasteiger partial charge in [0.25, 0.3) is 0 Å². The van der Waals surface area contributed by atoms with Gasteiger partial charge in [0.2, 0.25) is 0 Å². The Balaban J connectivity index is 1.57. The van der Waals surface area contributed by atoms with Gasteiger partial charge in [0.15, 0.2) is 0 Å². The summed E-state index contributed by atoms with van der Waals surface area (Å²) in [6, 6.07) is 7.47. The fourth-order valence-corrected chi connectivity index (χ4v) is 2.83. The quantitative estimate of drug-likeness (QED) is 0.846. The van der Waals surface area contributed by atoms with Gasteiger partial charge in [0.1, 0.15) is 12.4 Å². The number of hydrogen-bond donors (Lipinski definition) is 2. The van der Waals surface area contributed by atoms with E-state index in [4.69, 9.17) is 9.47 Å². The van der Waals surface area contributed by atoms with Crippen LogP contribution in [-0.2, 0) is 18.3 Å². The maximum Gasteiger partial charge on any atom is 0.319 e. The molecule has 1 saturated heterocycles. The van der Waals surface area contributed by atoms with Crippen LogP contribution in [0.25, 0.3) is 0 Å². The molecule has 25 heavy (non-hydrogen) atoms. The summed E-state index contributed by atoms with van der Waals surface area (Å²) in [6.07, 6.45) is 6.16. The Morgan fingerprint density at radius 2 is 2.28 bits per heavy atom. The second-order valence-corrected chi connectivity index (χ2v) is 6.44. The molecule has 0 radical (unpaired) electrons. The van der Waals surface area contributed by atoms with E-state index in [2.05, 4.69) is 10.6 Å². The van der Waals surface area contributed by atoms with Crippen molar-refractivity contribution in [2.75, 3.05) is 18.5 Å². The maximum atomic E-state index is 12.2. The molecule has 0 bridgehead atoms. The van der Waals surface area contributed by atoms with Crippen LogP contribution in [0.4, 0.5) is 10.5 Å². The molecule has 1 fully saturated rings. The summed E-state index contributed by atoms with van der Waals surface area (Å²) >= 11 is 0. The van der Waals surface area contributed by atoms with Gasteiger partial charge in [0, 0.05) is 32.6 Å². The number of carbonyl (C=O) groups excluding carboxylic acids is 1. The largest absolute Gasteiger partial charge is 0.489 e. The highest BCUT2D eigenvalue weighted by molar-refractivity contribution is 5.90. The van der Waals surface area contributed by atoms with Crippen LogP contribution in [0.3, 0.4) is 0 Å². The third kappa shape index (κ3) is 5.00. The molecule has 0 spiro atoms. The van der Waals surface area contributed by atoms with Crippen LogP contribution < -0.4 is 15.4 Å². The lowest BCUT2D eigenvalue weighted by Crippen LogP contribution is -2.28. The molecule has 2 N–H and O–H groups in total. The monoisotopic (exact) mass is 343 g/mol. The lowest BCUT2D eigenvalue weighted by molar-refractivity contribution is 0.0682. The van der Waals surface area contributed by atoms with Crippen molar-refractivity contribution in [3.8, 4) is 5.75 Å². The number of carbonyl (C=O) groups is 1. The molecule has 6 nitrogen and oxygen atoms in total. The molecule has 2 aromatic rings. The van der Waals surface area contributed by atoms with Gasteiger partial charge in [-0.2, -0.15) is 0 Å². The van der Waals surface area contributed by atoms with Gasteiger partial charge in [0.05, 0.1) is 11.8 Å². The topological polar surface area (TPSA) is 64.5 Å². The Hall–Kier alpha value is -2.47. The predicted molar refractivity (Wildman–Crippen MR) is 96.9 cm³/mol. The van der Waals surface area contributed by atoms with Crippen LogP contribution in [0.15, 0.2) is 36.7 Å². The summed E-state index contributed by atoms with van der Waals surface area (Å²) in [7, 11) is 1.95.